The van der Waals surface area contributed by atoms with Gasteiger partial charge in [0.05, 0.1) is 0 Å². The highest BCUT2D eigenvalue weighted by Gasteiger charge is 2.52. The van der Waals surface area contributed by atoms with Crippen molar-refractivity contribution in [3.8, 4) is 0 Å². The lowest BCUT2D eigenvalue weighted by Crippen LogP contribution is -2.50. The Hall–Kier alpha value is -2.77. The molecule has 3 atom stereocenters. The minimum atomic E-state index is -4.96. The topological polar surface area (TPSA) is 82.2 Å². The first kappa shape index (κ1) is 19.5. The van der Waals surface area contributed by atoms with Crippen LogP contribution in [-0.2, 0) is 16.0 Å². The van der Waals surface area contributed by atoms with E-state index in [1.807, 2.05) is 24.3 Å². The van der Waals surface area contributed by atoms with E-state index in [1.165, 1.54) is 0 Å². The summed E-state index contributed by atoms with van der Waals surface area (Å²) in [6.45, 7) is 0. The minimum Gasteiger partial charge on any atom is -0.480 e. The number of aliphatic carboxylic acids is 1. The molecule has 8 heteroatoms. The van der Waals surface area contributed by atoms with Crippen LogP contribution in [0.1, 0.15) is 31.2 Å². The van der Waals surface area contributed by atoms with Gasteiger partial charge < -0.3 is 15.4 Å². The molecule has 0 amide bonds. The quantitative estimate of drug-likeness (QED) is 0.678. The molecular formula is C21H21F3N2O3. The number of halogens is 3. The van der Waals surface area contributed by atoms with E-state index >= 15 is 0 Å². The maximum absolute atomic E-state index is 13.1. The molecule has 1 fully saturated rings. The molecule has 0 spiro atoms. The average molecular weight is 406 g/mol. The Balaban J connectivity index is 1.64. The first-order valence-electron chi connectivity index (χ1n) is 9.67. The van der Waals surface area contributed by atoms with E-state index in [-0.39, 0.29) is 23.6 Å². The molecule has 2 aliphatic rings. The Bertz CT molecular complexity index is 992. The number of Topliss-reactive ketones (excluding diaryl/α,β-unsaturated/α-hetero) is 1. The number of allylic oxidation sites excluding steroid dienone is 2. The summed E-state index contributed by atoms with van der Waals surface area (Å²) in [7, 11) is 0. The first-order valence-corrected chi connectivity index (χ1v) is 9.67. The Morgan fingerprint density at radius 3 is 2.55 bits per heavy atom. The van der Waals surface area contributed by atoms with Gasteiger partial charge in [-0.15, -0.1) is 0 Å². The molecule has 2 aromatic rings. The number of carbonyl (C=O) groups is 2. The molecule has 1 saturated carbocycles. The number of carboxylic acids is 1. The van der Waals surface area contributed by atoms with E-state index in [0.29, 0.717) is 12.8 Å². The molecule has 3 N–H and O–H groups in total. The molecule has 0 aliphatic heterocycles. The van der Waals surface area contributed by atoms with Crippen molar-refractivity contribution in [2.75, 3.05) is 0 Å². The van der Waals surface area contributed by atoms with Crippen molar-refractivity contribution in [3.05, 3.63) is 47.3 Å². The predicted octanol–water partition coefficient (Wildman–Crippen LogP) is 3.96. The van der Waals surface area contributed by atoms with E-state index < -0.39 is 29.9 Å². The van der Waals surface area contributed by atoms with Crippen LogP contribution < -0.4 is 5.32 Å². The summed E-state index contributed by atoms with van der Waals surface area (Å²) in [5.41, 5.74) is 1.51. The van der Waals surface area contributed by atoms with Gasteiger partial charge in [0.15, 0.2) is 0 Å². The number of alkyl halides is 3. The van der Waals surface area contributed by atoms with Crippen LogP contribution in [-0.4, -0.2) is 34.1 Å². The third-order valence-corrected chi connectivity index (χ3v) is 6.03. The fourth-order valence-electron chi connectivity index (χ4n) is 4.66. The van der Waals surface area contributed by atoms with Crippen molar-refractivity contribution in [3.63, 3.8) is 0 Å². The largest absolute Gasteiger partial charge is 0.480 e. The summed E-state index contributed by atoms with van der Waals surface area (Å²) in [5, 5.41) is 13.4. The fraction of sp³-hybridized carbons (Fsp3) is 0.429. The third-order valence-electron chi connectivity index (χ3n) is 6.03. The van der Waals surface area contributed by atoms with Crippen LogP contribution in [0, 0.1) is 11.8 Å². The second-order valence-corrected chi connectivity index (χ2v) is 7.75. The number of H-pyrrole nitrogens is 1. The number of rotatable bonds is 6. The number of carbonyl (C=O) groups excluding carboxylic acids is 1. The summed E-state index contributed by atoms with van der Waals surface area (Å²) in [6.07, 6.45) is -0.314. The molecule has 1 heterocycles. The molecular weight excluding hydrogens is 385 g/mol. The number of nitrogens with one attached hydrogen (secondary N) is 2. The number of carboxylic acid groups (broad SMARTS) is 1. The number of ketones is 1. The zero-order valence-corrected chi connectivity index (χ0v) is 15.6. The number of hydrogen-bond donors (Lipinski definition) is 3. The Morgan fingerprint density at radius 1 is 1.17 bits per heavy atom. The molecule has 3 unspecified atom stereocenters. The molecule has 4 rings (SSSR count). The molecule has 2 aliphatic carbocycles. The minimum absolute atomic E-state index is 0.0910. The monoisotopic (exact) mass is 406 g/mol. The van der Waals surface area contributed by atoms with E-state index in [0.717, 1.165) is 29.3 Å². The van der Waals surface area contributed by atoms with E-state index in [1.54, 1.807) is 6.20 Å². The van der Waals surface area contributed by atoms with Gasteiger partial charge in [-0.3, -0.25) is 4.79 Å². The molecule has 5 nitrogen and oxygen atoms in total. The number of benzene rings is 1. The van der Waals surface area contributed by atoms with Gasteiger partial charge in [-0.1, -0.05) is 31.0 Å². The number of para-hydroxylation sites is 1. The molecule has 1 aromatic heterocycles. The third kappa shape index (κ3) is 3.52. The van der Waals surface area contributed by atoms with Gasteiger partial charge in [0.25, 0.3) is 5.78 Å². The van der Waals surface area contributed by atoms with Gasteiger partial charge in [0, 0.05) is 40.7 Å². The zero-order valence-electron chi connectivity index (χ0n) is 15.6. The SMILES string of the molecule is O=C(O)C(Cc1c[nH]c2ccccc12)NC1=C(C(=O)C(F)(F)F)C2CCCCC12. The normalized spacial score (nSPS) is 22.7. The summed E-state index contributed by atoms with van der Waals surface area (Å²) < 4.78 is 39.3. The van der Waals surface area contributed by atoms with Crippen molar-refractivity contribution in [1.29, 1.82) is 0 Å². The summed E-state index contributed by atoms with van der Waals surface area (Å²) in [4.78, 5) is 26.9. The Kier molecular flexibility index (Phi) is 4.88. The second kappa shape index (κ2) is 7.24. The average Bonchev–Trinajstić information content (AvgIpc) is 3.07. The molecule has 154 valence electrons. The van der Waals surface area contributed by atoms with Crippen LogP contribution in [0.2, 0.25) is 0 Å². The van der Waals surface area contributed by atoms with Crippen LogP contribution >= 0.6 is 0 Å². The number of aromatic nitrogens is 1. The van der Waals surface area contributed by atoms with E-state index in [4.69, 9.17) is 0 Å². The first-order chi connectivity index (χ1) is 13.8. The summed E-state index contributed by atoms with van der Waals surface area (Å²) in [5.74, 6) is -3.64. The van der Waals surface area contributed by atoms with Crippen LogP contribution in [0.4, 0.5) is 13.2 Å². The lowest BCUT2D eigenvalue weighted by atomic mass is 9.62. The van der Waals surface area contributed by atoms with Crippen LogP contribution in [0.15, 0.2) is 41.7 Å². The summed E-state index contributed by atoms with van der Waals surface area (Å²) in [6, 6.07) is 6.29. The van der Waals surface area contributed by atoms with Gasteiger partial charge in [0.2, 0.25) is 0 Å². The van der Waals surface area contributed by atoms with Gasteiger partial charge in [0.1, 0.15) is 6.04 Å². The lowest BCUT2D eigenvalue weighted by Gasteiger charge is -2.45. The Labute approximate surface area is 165 Å². The highest BCUT2D eigenvalue weighted by Crippen LogP contribution is 2.50. The van der Waals surface area contributed by atoms with Gasteiger partial charge >= 0.3 is 12.1 Å². The van der Waals surface area contributed by atoms with Crippen LogP contribution in [0.3, 0.4) is 0 Å². The highest BCUT2D eigenvalue weighted by atomic mass is 19.4. The molecule has 0 saturated heterocycles. The number of fused-ring (bicyclic) bond motifs is 2. The van der Waals surface area contributed by atoms with Crippen molar-refractivity contribution in [2.45, 2.75) is 44.3 Å². The zero-order chi connectivity index (χ0) is 20.8. The van der Waals surface area contributed by atoms with E-state index in [9.17, 15) is 27.9 Å². The van der Waals surface area contributed by atoms with E-state index in [2.05, 4.69) is 10.3 Å². The smallest absolute Gasteiger partial charge is 0.454 e. The van der Waals surface area contributed by atoms with Gasteiger partial charge in [-0.2, -0.15) is 13.2 Å². The van der Waals surface area contributed by atoms with Crippen LogP contribution in [0.5, 0.6) is 0 Å². The Morgan fingerprint density at radius 2 is 1.86 bits per heavy atom. The lowest BCUT2D eigenvalue weighted by molar-refractivity contribution is -0.168. The molecule has 0 radical (unpaired) electrons. The maximum atomic E-state index is 13.1. The molecule has 29 heavy (non-hydrogen) atoms. The number of hydrogen-bond acceptors (Lipinski definition) is 3. The van der Waals surface area contributed by atoms with Gasteiger partial charge in [-0.25, -0.2) is 4.79 Å². The predicted molar refractivity (Wildman–Crippen MR) is 100 cm³/mol. The second-order valence-electron chi connectivity index (χ2n) is 7.75. The molecule has 1 aromatic carbocycles. The standard InChI is InChI=1S/C21H21F3N2O3/c22-21(23,24)19(27)17-13-6-1-2-7-14(13)18(17)26-16(20(28)29)9-11-10-25-15-8-4-3-5-12(11)15/h3-5,8,10,13-14,16,25-26H,1-2,6-7,9H2,(H,28,29). The van der Waals surface area contributed by atoms with Gasteiger partial charge in [-0.05, 0) is 30.4 Å². The highest BCUT2D eigenvalue weighted by molar-refractivity contribution is 6.02. The van der Waals surface area contributed by atoms with Crippen molar-refractivity contribution in [2.24, 2.45) is 11.8 Å². The van der Waals surface area contributed by atoms with Crippen molar-refractivity contribution >= 4 is 22.7 Å². The summed E-state index contributed by atoms with van der Waals surface area (Å²) >= 11 is 0. The van der Waals surface area contributed by atoms with Crippen molar-refractivity contribution < 1.29 is 27.9 Å². The van der Waals surface area contributed by atoms with Crippen LogP contribution in [0.25, 0.3) is 10.9 Å². The maximum Gasteiger partial charge on any atom is 0.454 e. The molecule has 0 bridgehead atoms. The number of aromatic amines is 1. The van der Waals surface area contributed by atoms with Crippen molar-refractivity contribution in [1.82, 2.24) is 10.3 Å². The fourth-order valence-corrected chi connectivity index (χ4v) is 4.66.